The number of rotatable bonds is 9. The van der Waals surface area contributed by atoms with E-state index in [1.807, 2.05) is 66.7 Å². The van der Waals surface area contributed by atoms with Crippen LogP contribution in [-0.4, -0.2) is 90.1 Å². The first kappa shape index (κ1) is 84.1. The molecule has 27 heteroatoms. The fourth-order valence-electron chi connectivity index (χ4n) is 16.0. The minimum Gasteiger partial charge on any atom is -0.508 e. The zero-order chi connectivity index (χ0) is 88.1. The number of hydrogen-bond donors (Lipinski definition) is 6. The van der Waals surface area contributed by atoms with Gasteiger partial charge < -0.3 is 97.0 Å². The minimum atomic E-state index is -0.394. The van der Waals surface area contributed by atoms with Crippen molar-refractivity contribution in [1.82, 2.24) is 0 Å². The molecule has 0 atom stereocenters. The summed E-state index contributed by atoms with van der Waals surface area (Å²) in [6.45, 7) is 7.11. The summed E-state index contributed by atoms with van der Waals surface area (Å²) in [5, 5.41) is 67.1. The Morgan fingerprint density at radius 2 is 0.544 bits per heavy atom. The summed E-state index contributed by atoms with van der Waals surface area (Å²) in [6, 6.07) is 56.6. The van der Waals surface area contributed by atoms with Crippen molar-refractivity contribution in [2.45, 2.75) is 60.7 Å². The molecule has 0 bridgehead atoms. The normalized spacial score (nSPS) is 12.2. The molecule has 15 aromatic carbocycles. The van der Waals surface area contributed by atoms with Gasteiger partial charge in [-0.15, -0.1) is 0 Å². The largest absolute Gasteiger partial charge is 0.508 e. The summed E-state index contributed by atoms with van der Waals surface area (Å²) >= 11 is 14.0. The van der Waals surface area contributed by atoms with Gasteiger partial charge in [-0.3, -0.25) is 19.2 Å². The average molecular weight is 1830 g/mol. The number of ether oxygens (including phenoxy) is 14. The van der Waals surface area contributed by atoms with Crippen LogP contribution in [-0.2, 0) is 52.2 Å². The second-order valence-corrected chi connectivity index (χ2v) is 31.1. The number of phenols is 6. The second-order valence-electron chi connectivity index (χ2n) is 29.2. The summed E-state index contributed by atoms with van der Waals surface area (Å²) in [7, 11) is 7.89. The lowest BCUT2D eigenvalue weighted by Crippen LogP contribution is -2.09. The van der Waals surface area contributed by atoms with Crippen LogP contribution in [0.4, 0.5) is 0 Å². The fourth-order valence-corrected chi connectivity index (χ4v) is 17.9. The molecular weight excluding hydrogens is 1760 g/mol. The van der Waals surface area contributed by atoms with Crippen LogP contribution in [0.5, 0.6) is 115 Å². The highest BCUT2D eigenvalue weighted by Crippen LogP contribution is 2.58. The molecule has 24 nitrogen and oxygen atoms in total. The van der Waals surface area contributed by atoms with Crippen LogP contribution in [0.25, 0.3) is 109 Å². The average Bonchev–Trinajstić information content (AvgIpc) is 0.732. The molecule has 125 heavy (non-hydrogen) atoms. The van der Waals surface area contributed by atoms with Crippen LogP contribution >= 0.6 is 43.5 Å². The van der Waals surface area contributed by atoms with Gasteiger partial charge in [0.2, 0.25) is 0 Å². The molecule has 15 aromatic rings. The van der Waals surface area contributed by atoms with E-state index >= 15 is 0 Å². The molecule has 0 amide bonds. The first-order chi connectivity index (χ1) is 60.2. The second kappa shape index (κ2) is 34.8. The Balaban J connectivity index is 0.000000116. The molecule has 0 spiro atoms. The van der Waals surface area contributed by atoms with Crippen LogP contribution in [0.3, 0.4) is 0 Å². The SMILES string of the molecule is COc1c2c(c(Br)c3ccc(O)cc13)-c1ccc(O)cc1CO2.COc1c2c(c(Br)c3ccc(OC(C)=O)cc13)-c1ccc(OC(C)=O)cc1CO2.COc1c2c(c(Cl)c3ccc(O)cc13)-c1ccc(O)cc1CO2.COc1c2c(cc3ccc(O)cc13)-c1ccc(O)cc1CO2.COc1c2c(cc3ccc(OC(C)=O)cc13)-c1ccc(OC(C)=O)cc1CO2. The van der Waals surface area contributed by atoms with Gasteiger partial charge in [-0.05, 0) is 222 Å². The van der Waals surface area contributed by atoms with E-state index in [0.29, 0.717) is 124 Å². The van der Waals surface area contributed by atoms with Crippen molar-refractivity contribution < 1.29 is 116 Å². The summed E-state index contributed by atoms with van der Waals surface area (Å²) in [5.41, 5.74) is 13.7. The lowest BCUT2D eigenvalue weighted by atomic mass is 9.93. The maximum absolute atomic E-state index is 11.3. The Morgan fingerprint density at radius 1 is 0.280 bits per heavy atom. The summed E-state index contributed by atoms with van der Waals surface area (Å²) in [6.07, 6.45) is 0. The number of hydrogen-bond acceptors (Lipinski definition) is 24. The Hall–Kier alpha value is -14.5. The summed E-state index contributed by atoms with van der Waals surface area (Å²) in [5.74, 6) is 7.37. The zero-order valence-corrected chi connectivity index (χ0v) is 72.1. The molecule has 0 fully saturated rings. The Labute approximate surface area is 735 Å². The number of carbonyl (C=O) groups excluding carboxylic acids is 4. The van der Waals surface area contributed by atoms with Crippen LogP contribution in [0.1, 0.15) is 55.5 Å². The highest BCUT2D eigenvalue weighted by molar-refractivity contribution is 9.11. The fraction of sp³-hybridized carbons (Fsp3) is 0.143. The molecule has 5 aliphatic heterocycles. The first-order valence-corrected chi connectivity index (χ1v) is 40.7. The van der Waals surface area contributed by atoms with Gasteiger partial charge in [-0.1, -0.05) is 54.1 Å². The number of methoxy groups -OCH3 is 5. The third-order valence-electron chi connectivity index (χ3n) is 21.2. The van der Waals surface area contributed by atoms with Crippen molar-refractivity contribution in [3.05, 3.63) is 236 Å². The summed E-state index contributed by atoms with van der Waals surface area (Å²) < 4.78 is 80.1. The zero-order valence-electron chi connectivity index (χ0n) is 68.2. The van der Waals surface area contributed by atoms with Crippen LogP contribution < -0.4 is 66.3 Å². The van der Waals surface area contributed by atoms with E-state index < -0.39 is 5.97 Å². The van der Waals surface area contributed by atoms with Crippen LogP contribution in [0.2, 0.25) is 5.02 Å². The molecule has 0 saturated heterocycles. The number of phenolic OH excluding ortho intramolecular Hbond substituents is 6. The van der Waals surface area contributed by atoms with Crippen LogP contribution in [0.15, 0.2) is 203 Å². The highest BCUT2D eigenvalue weighted by Gasteiger charge is 2.33. The van der Waals surface area contributed by atoms with Crippen LogP contribution in [0, 0.1) is 0 Å². The van der Waals surface area contributed by atoms with Gasteiger partial charge in [-0.25, -0.2) is 0 Å². The third-order valence-corrected chi connectivity index (χ3v) is 23.2. The molecule has 0 radical (unpaired) electrons. The monoisotopic (exact) mass is 1830 g/mol. The predicted octanol–water partition coefficient (Wildman–Crippen LogP) is 22.2. The first-order valence-electron chi connectivity index (χ1n) is 38.7. The molecule has 5 heterocycles. The number of benzene rings is 15. The molecule has 6 N–H and O–H groups in total. The molecule has 632 valence electrons. The van der Waals surface area contributed by atoms with Crippen molar-refractivity contribution in [1.29, 1.82) is 0 Å². The number of esters is 4. The number of aromatic hydroxyl groups is 6. The lowest BCUT2D eigenvalue weighted by Gasteiger charge is -2.26. The maximum Gasteiger partial charge on any atom is 0.308 e. The molecular formula is C98H75Br2ClO24. The van der Waals surface area contributed by atoms with E-state index in [1.54, 1.807) is 163 Å². The Bertz CT molecular complexity index is 6850. The van der Waals surface area contributed by atoms with Gasteiger partial charge in [0, 0.05) is 135 Å². The van der Waals surface area contributed by atoms with Gasteiger partial charge in [-0.2, -0.15) is 0 Å². The lowest BCUT2D eigenvalue weighted by molar-refractivity contribution is -0.132. The molecule has 0 aliphatic carbocycles. The number of carbonyl (C=O) groups is 4. The topological polar surface area (TPSA) is 319 Å². The number of halogens is 3. The van der Waals surface area contributed by atoms with E-state index in [4.69, 9.17) is 77.9 Å². The number of fused-ring (bicyclic) bond motifs is 20. The maximum atomic E-state index is 11.3. The van der Waals surface area contributed by atoms with Crippen molar-refractivity contribution >= 4 is 121 Å². The van der Waals surface area contributed by atoms with Gasteiger partial charge in [0.1, 0.15) is 90.5 Å². The highest BCUT2D eigenvalue weighted by atomic mass is 79.9. The van der Waals surface area contributed by atoms with Crippen molar-refractivity contribution in [3.8, 4) is 171 Å². The van der Waals surface area contributed by atoms with Crippen molar-refractivity contribution in [2.75, 3.05) is 35.5 Å². The van der Waals surface area contributed by atoms with Gasteiger partial charge >= 0.3 is 23.9 Å². The van der Waals surface area contributed by atoms with Gasteiger partial charge in [0.05, 0.1) is 40.6 Å². The van der Waals surface area contributed by atoms with Crippen molar-refractivity contribution in [2.24, 2.45) is 0 Å². The molecule has 0 unspecified atom stereocenters. The third kappa shape index (κ3) is 16.3. The standard InChI is InChI=1S/C22H17BrO6.C22H18O6.C18H13BrO4.C18H13ClO4.C18H14O4/c1-11(24)28-14-4-6-16-13(8-14)10-27-22-19(16)20(23)17-7-5-15(29-12(2)25)9-18(17)21(22)26-3;1-12(23)27-16-6-7-18-15(8-16)11-26-22-20(18)9-14-4-5-17(28-13(2)24)10-19(14)21(22)25-3;2*1-22-17-14-7-11(21)3-5-13(14)16(19)15-12-4-2-10(20)6-9(12)8-23-18(15)17;1-21-17-15-8-13(20)3-2-10(15)7-16-14-5-4-12(19)6-11(14)9-22-18(16)17/h4-9H,10H2,1-3H3;4-10H,11H2,1-3H3;2*2-7,20-21H,8H2,1H3;2-8,19-20H,9H2,1H3. The molecule has 20 rings (SSSR count). The Morgan fingerprint density at radius 3 is 0.984 bits per heavy atom. The van der Waals surface area contributed by atoms with E-state index in [9.17, 15) is 49.8 Å². The quantitative estimate of drug-likeness (QED) is 0.0577. The summed E-state index contributed by atoms with van der Waals surface area (Å²) in [4.78, 5) is 45.0. The minimum absolute atomic E-state index is 0.132. The smallest absolute Gasteiger partial charge is 0.308 e. The predicted molar refractivity (Wildman–Crippen MR) is 477 cm³/mol. The van der Waals surface area contributed by atoms with Gasteiger partial charge in [0.25, 0.3) is 0 Å². The van der Waals surface area contributed by atoms with E-state index in [0.717, 1.165) is 141 Å². The van der Waals surface area contributed by atoms with E-state index in [-0.39, 0.29) is 52.4 Å². The van der Waals surface area contributed by atoms with Crippen molar-refractivity contribution in [3.63, 3.8) is 0 Å². The van der Waals surface area contributed by atoms with E-state index in [1.165, 1.54) is 27.7 Å². The van der Waals surface area contributed by atoms with Gasteiger partial charge in [0.15, 0.2) is 57.5 Å². The Kier molecular flexibility index (Phi) is 23.4. The molecule has 0 aromatic heterocycles. The van der Waals surface area contributed by atoms with E-state index in [2.05, 4.69) is 31.9 Å². The molecule has 5 aliphatic rings. The molecule has 0 saturated carbocycles.